The average Bonchev–Trinajstić information content (AvgIpc) is 2.46. The Balaban J connectivity index is 2.40. The molecular weight excluding hydrogens is 250 g/mol. The van der Waals surface area contributed by atoms with Crippen LogP contribution in [0.1, 0.15) is 19.3 Å². The third-order valence-electron chi connectivity index (χ3n) is 3.24. The fraction of sp³-hybridized carbons (Fsp3) is 0.583. The van der Waals surface area contributed by atoms with E-state index in [9.17, 15) is 9.59 Å². The van der Waals surface area contributed by atoms with Gasteiger partial charge in [-0.3, -0.25) is 4.79 Å². The summed E-state index contributed by atoms with van der Waals surface area (Å²) in [6.45, 7) is 0.645. The molecule has 1 aliphatic heterocycles. The second-order valence-corrected chi connectivity index (χ2v) is 4.32. The van der Waals surface area contributed by atoms with E-state index in [1.54, 1.807) is 4.90 Å². The Morgan fingerprint density at radius 1 is 1.47 bits per heavy atom. The summed E-state index contributed by atoms with van der Waals surface area (Å²) in [5, 5.41) is 0. The first-order valence-electron chi connectivity index (χ1n) is 6.15. The summed E-state index contributed by atoms with van der Waals surface area (Å²) in [7, 11) is 2.77. The second kappa shape index (κ2) is 5.73. The zero-order valence-corrected chi connectivity index (χ0v) is 11.0. The van der Waals surface area contributed by atoms with Crippen molar-refractivity contribution in [3.8, 4) is 5.75 Å². The molecule has 0 saturated carbocycles. The lowest BCUT2D eigenvalue weighted by Gasteiger charge is -2.34. The molecule has 0 spiro atoms. The highest BCUT2D eigenvalue weighted by Crippen LogP contribution is 2.28. The summed E-state index contributed by atoms with van der Waals surface area (Å²) >= 11 is 0. The summed E-state index contributed by atoms with van der Waals surface area (Å²) < 4.78 is 9.90. The Morgan fingerprint density at radius 3 is 2.95 bits per heavy atom. The molecule has 0 radical (unpaired) electrons. The van der Waals surface area contributed by atoms with Crippen LogP contribution in [0.15, 0.2) is 11.1 Å². The van der Waals surface area contributed by atoms with Gasteiger partial charge in [0.2, 0.25) is 5.75 Å². The molecule has 0 aliphatic carbocycles. The molecule has 7 nitrogen and oxygen atoms in total. The van der Waals surface area contributed by atoms with Crippen LogP contribution in [0.25, 0.3) is 0 Å². The Hall–Kier alpha value is -2.05. The SMILES string of the molecule is COC(=O)C1CCCCN1c1nc[nH]c(=O)c1OC. The van der Waals surface area contributed by atoms with E-state index in [4.69, 9.17) is 9.47 Å². The molecule has 2 rings (SSSR count). The van der Waals surface area contributed by atoms with Crippen LogP contribution in [0.4, 0.5) is 5.82 Å². The monoisotopic (exact) mass is 267 g/mol. The maximum Gasteiger partial charge on any atom is 0.328 e. The van der Waals surface area contributed by atoms with E-state index in [1.807, 2.05) is 0 Å². The number of nitrogens with one attached hydrogen (secondary N) is 1. The molecule has 0 aromatic carbocycles. The van der Waals surface area contributed by atoms with Crippen molar-refractivity contribution < 1.29 is 14.3 Å². The van der Waals surface area contributed by atoms with Gasteiger partial charge in [-0.1, -0.05) is 0 Å². The number of nitrogens with zero attached hydrogens (tertiary/aromatic N) is 2. The highest BCUT2D eigenvalue weighted by Gasteiger charge is 2.32. The minimum Gasteiger partial charge on any atom is -0.489 e. The van der Waals surface area contributed by atoms with Crippen molar-refractivity contribution in [2.45, 2.75) is 25.3 Å². The zero-order chi connectivity index (χ0) is 13.8. The molecule has 1 atom stereocenters. The predicted molar refractivity (Wildman–Crippen MR) is 68.4 cm³/mol. The summed E-state index contributed by atoms with van der Waals surface area (Å²) in [6, 6.07) is -0.415. The molecule has 2 heterocycles. The molecule has 0 amide bonds. The van der Waals surface area contributed by atoms with Gasteiger partial charge in [0.15, 0.2) is 5.82 Å². The van der Waals surface area contributed by atoms with Crippen molar-refractivity contribution in [2.24, 2.45) is 0 Å². The van der Waals surface area contributed by atoms with Gasteiger partial charge < -0.3 is 19.4 Å². The zero-order valence-electron chi connectivity index (χ0n) is 11.0. The van der Waals surface area contributed by atoms with Crippen LogP contribution in [0.3, 0.4) is 0 Å². The van der Waals surface area contributed by atoms with Crippen molar-refractivity contribution in [1.82, 2.24) is 9.97 Å². The predicted octanol–water partition coefficient (Wildman–Crippen LogP) is 0.310. The van der Waals surface area contributed by atoms with E-state index in [0.717, 1.165) is 12.8 Å². The molecule has 104 valence electrons. The normalized spacial score (nSPS) is 19.1. The van der Waals surface area contributed by atoms with Crippen molar-refractivity contribution in [3.05, 3.63) is 16.7 Å². The van der Waals surface area contributed by atoms with E-state index >= 15 is 0 Å². The van der Waals surface area contributed by atoms with E-state index in [2.05, 4.69) is 9.97 Å². The van der Waals surface area contributed by atoms with Gasteiger partial charge in [0, 0.05) is 6.54 Å². The lowest BCUT2D eigenvalue weighted by Crippen LogP contribution is -2.46. The average molecular weight is 267 g/mol. The standard InChI is InChI=1S/C12H17N3O4/c1-18-9-10(13-7-14-11(9)16)15-6-4-3-5-8(15)12(17)19-2/h7-8H,3-6H2,1-2H3,(H,13,14,16). The van der Waals surface area contributed by atoms with E-state index in [1.165, 1.54) is 20.5 Å². The van der Waals surface area contributed by atoms with Crippen LogP contribution in [-0.2, 0) is 9.53 Å². The largest absolute Gasteiger partial charge is 0.489 e. The van der Waals surface area contributed by atoms with Crippen molar-refractivity contribution in [1.29, 1.82) is 0 Å². The third kappa shape index (κ3) is 2.54. The number of hydrogen-bond donors (Lipinski definition) is 1. The molecule has 1 N–H and O–H groups in total. The number of esters is 1. The number of hydrogen-bond acceptors (Lipinski definition) is 6. The molecule has 7 heteroatoms. The minimum absolute atomic E-state index is 0.123. The molecule has 1 fully saturated rings. The Morgan fingerprint density at radius 2 is 2.26 bits per heavy atom. The van der Waals surface area contributed by atoms with Crippen LogP contribution in [0, 0.1) is 0 Å². The van der Waals surface area contributed by atoms with Gasteiger partial charge in [-0.15, -0.1) is 0 Å². The summed E-state index contributed by atoms with van der Waals surface area (Å²) in [6.07, 6.45) is 3.88. The fourth-order valence-corrected chi connectivity index (χ4v) is 2.33. The Kier molecular flexibility index (Phi) is 4.03. The second-order valence-electron chi connectivity index (χ2n) is 4.32. The summed E-state index contributed by atoms with van der Waals surface area (Å²) in [5.41, 5.74) is -0.360. The molecule has 1 saturated heterocycles. The van der Waals surface area contributed by atoms with E-state index in [-0.39, 0.29) is 17.3 Å². The third-order valence-corrected chi connectivity index (χ3v) is 3.24. The van der Waals surface area contributed by atoms with Gasteiger partial charge in [0.1, 0.15) is 6.04 Å². The Labute approximate surface area is 110 Å². The van der Waals surface area contributed by atoms with Gasteiger partial charge in [0.25, 0.3) is 5.56 Å². The molecule has 1 aromatic heterocycles. The number of carbonyl (C=O) groups is 1. The van der Waals surface area contributed by atoms with Crippen molar-refractivity contribution in [2.75, 3.05) is 25.7 Å². The van der Waals surface area contributed by atoms with Crippen LogP contribution >= 0.6 is 0 Å². The quantitative estimate of drug-likeness (QED) is 0.793. The fourth-order valence-electron chi connectivity index (χ4n) is 2.33. The number of carbonyl (C=O) groups excluding carboxylic acids is 1. The number of anilines is 1. The smallest absolute Gasteiger partial charge is 0.328 e. The molecule has 0 bridgehead atoms. The highest BCUT2D eigenvalue weighted by molar-refractivity contribution is 5.80. The van der Waals surface area contributed by atoms with Crippen molar-refractivity contribution in [3.63, 3.8) is 0 Å². The van der Waals surface area contributed by atoms with Gasteiger partial charge in [-0.2, -0.15) is 0 Å². The first-order chi connectivity index (χ1) is 9.19. The molecule has 1 aliphatic rings. The summed E-state index contributed by atoms with van der Waals surface area (Å²) in [5.74, 6) is 0.198. The minimum atomic E-state index is -0.415. The summed E-state index contributed by atoms with van der Waals surface area (Å²) in [4.78, 5) is 31.9. The highest BCUT2D eigenvalue weighted by atomic mass is 16.5. The molecular formula is C12H17N3O4. The van der Waals surface area contributed by atoms with Crippen LogP contribution in [-0.4, -0.2) is 42.7 Å². The Bertz CT molecular complexity index is 514. The number of rotatable bonds is 3. The topological polar surface area (TPSA) is 84.5 Å². The molecule has 1 unspecified atom stereocenters. The molecule has 1 aromatic rings. The molecule has 19 heavy (non-hydrogen) atoms. The number of piperidine rings is 1. The number of aromatic amines is 1. The van der Waals surface area contributed by atoms with Crippen molar-refractivity contribution >= 4 is 11.8 Å². The van der Waals surface area contributed by atoms with Crippen LogP contribution < -0.4 is 15.2 Å². The number of H-pyrrole nitrogens is 1. The van der Waals surface area contributed by atoms with E-state index < -0.39 is 6.04 Å². The first kappa shape index (κ1) is 13.4. The maximum absolute atomic E-state index is 11.8. The van der Waals surface area contributed by atoms with Crippen LogP contribution in [0.2, 0.25) is 0 Å². The first-order valence-corrected chi connectivity index (χ1v) is 6.15. The van der Waals surface area contributed by atoms with Gasteiger partial charge in [-0.25, -0.2) is 9.78 Å². The number of ether oxygens (including phenoxy) is 2. The lowest BCUT2D eigenvalue weighted by atomic mass is 10.0. The lowest BCUT2D eigenvalue weighted by molar-refractivity contribution is -0.142. The van der Waals surface area contributed by atoms with E-state index in [0.29, 0.717) is 18.8 Å². The number of aromatic nitrogens is 2. The van der Waals surface area contributed by atoms with Gasteiger partial charge >= 0.3 is 5.97 Å². The van der Waals surface area contributed by atoms with Crippen LogP contribution in [0.5, 0.6) is 5.75 Å². The maximum atomic E-state index is 11.8. The van der Waals surface area contributed by atoms with Gasteiger partial charge in [-0.05, 0) is 19.3 Å². The number of methoxy groups -OCH3 is 2. The van der Waals surface area contributed by atoms with Gasteiger partial charge in [0.05, 0.1) is 20.5 Å².